The normalized spacial score (nSPS) is 10.9. The van der Waals surface area contributed by atoms with E-state index in [9.17, 15) is 9.59 Å². The molecule has 0 fully saturated rings. The van der Waals surface area contributed by atoms with Gasteiger partial charge in [-0.05, 0) is 62.9 Å². The molecule has 0 radical (unpaired) electrons. The van der Waals surface area contributed by atoms with Gasteiger partial charge < -0.3 is 5.32 Å². The zero-order chi connectivity index (χ0) is 21.9. The van der Waals surface area contributed by atoms with Crippen LogP contribution in [-0.4, -0.2) is 21.6 Å². The van der Waals surface area contributed by atoms with Gasteiger partial charge in [-0.2, -0.15) is 5.10 Å². The number of amides is 1. The van der Waals surface area contributed by atoms with Crippen molar-refractivity contribution in [3.8, 4) is 0 Å². The highest BCUT2D eigenvalue weighted by Crippen LogP contribution is 2.19. The summed E-state index contributed by atoms with van der Waals surface area (Å²) in [6.07, 6.45) is 10.9. The Morgan fingerprint density at radius 3 is 2.20 bits per heavy atom. The third-order valence-corrected chi connectivity index (χ3v) is 5.59. The number of aryl methyl sites for hydroxylation is 1. The Morgan fingerprint density at radius 2 is 1.53 bits per heavy atom. The highest BCUT2D eigenvalue weighted by molar-refractivity contribution is 5.97. The topological polar surface area (TPSA) is 64.0 Å². The van der Waals surface area contributed by atoms with Gasteiger partial charge in [-0.3, -0.25) is 9.59 Å². The maximum Gasteiger partial charge on any atom is 0.278 e. The summed E-state index contributed by atoms with van der Waals surface area (Å²) in [4.78, 5) is 24.8. The number of aromatic nitrogens is 2. The molecule has 1 amide bonds. The molecule has 0 aliphatic rings. The lowest BCUT2D eigenvalue weighted by Gasteiger charge is -2.07. The summed E-state index contributed by atoms with van der Waals surface area (Å²) in [5.41, 5.74) is 4.35. The lowest BCUT2D eigenvalue weighted by molar-refractivity contribution is -0.116. The van der Waals surface area contributed by atoms with Crippen molar-refractivity contribution in [3.63, 3.8) is 0 Å². The predicted molar refractivity (Wildman–Crippen MR) is 123 cm³/mol. The predicted octanol–water partition coefficient (Wildman–Crippen LogP) is 6.22. The number of hydrogen-bond acceptors (Lipinski definition) is 3. The van der Waals surface area contributed by atoms with Gasteiger partial charge in [0.2, 0.25) is 5.91 Å². The maximum atomic E-state index is 13.0. The SMILES string of the molecule is CCCCCCCCc1c(C)nn(C(=O)c2ccc(NC(=O)CCCC)cc2)c1C. The van der Waals surface area contributed by atoms with Gasteiger partial charge in [0.05, 0.1) is 5.69 Å². The first kappa shape index (κ1) is 23.8. The summed E-state index contributed by atoms with van der Waals surface area (Å²) in [5, 5.41) is 7.39. The van der Waals surface area contributed by atoms with Crippen LogP contribution in [0.5, 0.6) is 0 Å². The molecule has 1 N–H and O–H groups in total. The molecule has 164 valence electrons. The average molecular weight is 412 g/mol. The lowest BCUT2D eigenvalue weighted by atomic mass is 10.0. The molecule has 0 bridgehead atoms. The van der Waals surface area contributed by atoms with Gasteiger partial charge in [0.1, 0.15) is 0 Å². The number of nitrogens with zero attached hydrogens (tertiary/aromatic N) is 2. The molecular formula is C25H37N3O2. The molecule has 1 heterocycles. The van der Waals surface area contributed by atoms with Crippen molar-refractivity contribution in [2.45, 2.75) is 91.9 Å². The second-order valence-corrected chi connectivity index (χ2v) is 8.11. The summed E-state index contributed by atoms with van der Waals surface area (Å²) in [7, 11) is 0. The van der Waals surface area contributed by atoms with Crippen LogP contribution in [-0.2, 0) is 11.2 Å². The van der Waals surface area contributed by atoms with Gasteiger partial charge >= 0.3 is 0 Å². The summed E-state index contributed by atoms with van der Waals surface area (Å²) < 4.78 is 1.52. The van der Waals surface area contributed by atoms with Crippen LogP contribution < -0.4 is 5.32 Å². The Balaban J connectivity index is 1.98. The fraction of sp³-hybridized carbons (Fsp3) is 0.560. The van der Waals surface area contributed by atoms with Crippen LogP contribution in [0.3, 0.4) is 0 Å². The minimum Gasteiger partial charge on any atom is -0.326 e. The van der Waals surface area contributed by atoms with Crippen LogP contribution in [0, 0.1) is 13.8 Å². The van der Waals surface area contributed by atoms with Crippen LogP contribution in [0.2, 0.25) is 0 Å². The monoisotopic (exact) mass is 411 g/mol. The van der Waals surface area contributed by atoms with Gasteiger partial charge in [-0.1, -0.05) is 52.4 Å². The maximum absolute atomic E-state index is 13.0. The zero-order valence-electron chi connectivity index (χ0n) is 19.1. The molecule has 0 spiro atoms. The molecular weight excluding hydrogens is 374 g/mol. The van der Waals surface area contributed by atoms with Crippen LogP contribution in [0.25, 0.3) is 0 Å². The highest BCUT2D eigenvalue weighted by Gasteiger charge is 2.17. The second-order valence-electron chi connectivity index (χ2n) is 8.11. The van der Waals surface area contributed by atoms with E-state index in [0.717, 1.165) is 37.1 Å². The number of anilines is 1. The Kier molecular flexibility index (Phi) is 9.78. The number of carbonyl (C=O) groups excluding carboxylic acids is 2. The first-order chi connectivity index (χ1) is 14.5. The zero-order valence-corrected chi connectivity index (χ0v) is 19.1. The molecule has 5 heteroatoms. The molecule has 0 unspecified atom stereocenters. The van der Waals surface area contributed by atoms with Crippen LogP contribution in [0.1, 0.15) is 98.9 Å². The van der Waals surface area contributed by atoms with E-state index in [-0.39, 0.29) is 11.8 Å². The number of rotatable bonds is 12. The van der Waals surface area contributed by atoms with E-state index in [1.807, 2.05) is 13.8 Å². The molecule has 0 aliphatic heterocycles. The lowest BCUT2D eigenvalue weighted by Crippen LogP contribution is -2.16. The Labute approximate surface area is 181 Å². The van der Waals surface area contributed by atoms with E-state index in [0.29, 0.717) is 17.7 Å². The number of nitrogens with one attached hydrogen (secondary N) is 1. The molecule has 5 nitrogen and oxygen atoms in total. The van der Waals surface area contributed by atoms with E-state index in [1.165, 1.54) is 42.3 Å². The van der Waals surface area contributed by atoms with Crippen molar-refractivity contribution in [2.24, 2.45) is 0 Å². The molecule has 0 saturated carbocycles. The Morgan fingerprint density at radius 1 is 0.900 bits per heavy atom. The van der Waals surface area contributed by atoms with Crippen LogP contribution in [0.15, 0.2) is 24.3 Å². The van der Waals surface area contributed by atoms with Crippen molar-refractivity contribution >= 4 is 17.5 Å². The van der Waals surface area contributed by atoms with Crippen molar-refractivity contribution in [1.82, 2.24) is 9.78 Å². The summed E-state index contributed by atoms with van der Waals surface area (Å²) in [5.74, 6) is -0.123. The van der Waals surface area contributed by atoms with Gasteiger partial charge in [0.15, 0.2) is 0 Å². The molecule has 0 atom stereocenters. The summed E-state index contributed by atoms with van der Waals surface area (Å²) in [6, 6.07) is 7.06. The number of carbonyl (C=O) groups is 2. The first-order valence-corrected chi connectivity index (χ1v) is 11.5. The van der Waals surface area contributed by atoms with E-state index in [1.54, 1.807) is 24.3 Å². The standard InChI is InChI=1S/C25H37N3O2/c1-5-7-9-10-11-12-13-23-19(3)27-28(20(23)4)25(30)21-15-17-22(18-16-21)26-24(29)14-8-6-2/h15-18H,5-14H2,1-4H3,(H,26,29). The summed E-state index contributed by atoms with van der Waals surface area (Å²) >= 11 is 0. The van der Waals surface area contributed by atoms with Crippen LogP contribution >= 0.6 is 0 Å². The molecule has 0 aliphatic carbocycles. The minimum atomic E-state index is -0.131. The van der Waals surface area contributed by atoms with Crippen molar-refractivity contribution in [1.29, 1.82) is 0 Å². The molecule has 30 heavy (non-hydrogen) atoms. The van der Waals surface area contributed by atoms with Gasteiger partial charge in [-0.25, -0.2) is 4.68 Å². The number of unbranched alkanes of at least 4 members (excludes halogenated alkanes) is 6. The first-order valence-electron chi connectivity index (χ1n) is 11.5. The van der Waals surface area contributed by atoms with Gasteiger partial charge in [-0.15, -0.1) is 0 Å². The largest absolute Gasteiger partial charge is 0.326 e. The van der Waals surface area contributed by atoms with Crippen molar-refractivity contribution in [2.75, 3.05) is 5.32 Å². The third-order valence-electron chi connectivity index (χ3n) is 5.59. The summed E-state index contributed by atoms with van der Waals surface area (Å²) in [6.45, 7) is 8.26. The molecule has 2 rings (SSSR count). The minimum absolute atomic E-state index is 0.00816. The number of hydrogen-bond donors (Lipinski definition) is 1. The smallest absolute Gasteiger partial charge is 0.278 e. The van der Waals surface area contributed by atoms with E-state index in [4.69, 9.17) is 0 Å². The highest BCUT2D eigenvalue weighted by atomic mass is 16.2. The van der Waals surface area contributed by atoms with Crippen molar-refractivity contribution in [3.05, 3.63) is 46.8 Å². The number of benzene rings is 1. The Bertz CT molecular complexity index is 822. The Hall–Kier alpha value is -2.43. The molecule has 1 aromatic heterocycles. The van der Waals surface area contributed by atoms with E-state index in [2.05, 4.69) is 24.3 Å². The third kappa shape index (κ3) is 6.82. The molecule has 0 saturated heterocycles. The fourth-order valence-electron chi connectivity index (χ4n) is 3.70. The van der Waals surface area contributed by atoms with E-state index >= 15 is 0 Å². The van der Waals surface area contributed by atoms with Crippen molar-refractivity contribution < 1.29 is 9.59 Å². The van der Waals surface area contributed by atoms with Gasteiger partial charge in [0.25, 0.3) is 5.91 Å². The average Bonchev–Trinajstić information content (AvgIpc) is 3.02. The molecule has 1 aromatic carbocycles. The van der Waals surface area contributed by atoms with Gasteiger partial charge in [0, 0.05) is 23.4 Å². The van der Waals surface area contributed by atoms with Crippen LogP contribution in [0.4, 0.5) is 5.69 Å². The van der Waals surface area contributed by atoms with E-state index < -0.39 is 0 Å². The fourth-order valence-corrected chi connectivity index (χ4v) is 3.70. The quantitative estimate of drug-likeness (QED) is 0.422. The second kappa shape index (κ2) is 12.3. The molecule has 2 aromatic rings.